The predicted octanol–water partition coefficient (Wildman–Crippen LogP) is 1.62. The van der Waals surface area contributed by atoms with E-state index in [1.54, 1.807) is 11.6 Å². The Kier molecular flexibility index (Phi) is 4.16. The second-order valence-electron chi connectivity index (χ2n) is 3.94. The van der Waals surface area contributed by atoms with Gasteiger partial charge in [-0.3, -0.25) is 4.79 Å². The third-order valence-corrected chi connectivity index (χ3v) is 3.61. The van der Waals surface area contributed by atoms with Crippen LogP contribution in [0.4, 0.5) is 0 Å². The molecule has 1 aromatic carbocycles. The SMILES string of the molecule is COC(=O)[C@H](C)Sc1nnnn1-c1ccccc1C. The average molecular weight is 278 g/mol. The fourth-order valence-corrected chi connectivity index (χ4v) is 2.40. The maximum Gasteiger partial charge on any atom is 0.318 e. The summed E-state index contributed by atoms with van der Waals surface area (Å²) in [5.41, 5.74) is 1.95. The van der Waals surface area contributed by atoms with Gasteiger partial charge in [0.05, 0.1) is 12.8 Å². The molecule has 0 aliphatic carbocycles. The van der Waals surface area contributed by atoms with Crippen LogP contribution in [0, 0.1) is 6.92 Å². The van der Waals surface area contributed by atoms with Crippen molar-refractivity contribution >= 4 is 17.7 Å². The van der Waals surface area contributed by atoms with Crippen molar-refractivity contribution < 1.29 is 9.53 Å². The summed E-state index contributed by atoms with van der Waals surface area (Å²) < 4.78 is 6.32. The minimum absolute atomic E-state index is 0.302. The summed E-state index contributed by atoms with van der Waals surface area (Å²) >= 11 is 1.27. The van der Waals surface area contributed by atoms with E-state index < -0.39 is 0 Å². The van der Waals surface area contributed by atoms with Gasteiger partial charge in [-0.05, 0) is 35.9 Å². The predicted molar refractivity (Wildman–Crippen MR) is 71.2 cm³/mol. The quantitative estimate of drug-likeness (QED) is 0.625. The Balaban J connectivity index is 2.28. The number of ether oxygens (including phenoxy) is 1. The minimum Gasteiger partial charge on any atom is -0.468 e. The average Bonchev–Trinajstić information content (AvgIpc) is 2.86. The lowest BCUT2D eigenvalue weighted by Crippen LogP contribution is -2.15. The second kappa shape index (κ2) is 5.83. The van der Waals surface area contributed by atoms with Gasteiger partial charge in [-0.25, -0.2) is 0 Å². The molecule has 0 aliphatic rings. The van der Waals surface area contributed by atoms with E-state index in [1.165, 1.54) is 18.9 Å². The maximum atomic E-state index is 11.4. The molecule has 2 aromatic rings. The number of para-hydroxylation sites is 1. The number of hydrogen-bond acceptors (Lipinski definition) is 6. The molecule has 1 heterocycles. The van der Waals surface area contributed by atoms with Gasteiger partial charge in [-0.2, -0.15) is 4.68 Å². The molecule has 0 radical (unpaired) electrons. The molecule has 6 nitrogen and oxygen atoms in total. The molecule has 0 aliphatic heterocycles. The van der Waals surface area contributed by atoms with Crippen LogP contribution in [0.2, 0.25) is 0 Å². The number of aryl methyl sites for hydroxylation is 1. The van der Waals surface area contributed by atoms with Gasteiger partial charge in [0.1, 0.15) is 5.25 Å². The number of methoxy groups -OCH3 is 1. The summed E-state index contributed by atoms with van der Waals surface area (Å²) in [7, 11) is 1.36. The lowest BCUT2D eigenvalue weighted by atomic mass is 10.2. The van der Waals surface area contributed by atoms with Gasteiger partial charge in [-0.1, -0.05) is 30.0 Å². The summed E-state index contributed by atoms with van der Waals surface area (Å²) in [5, 5.41) is 11.8. The molecule has 1 aromatic heterocycles. The van der Waals surface area contributed by atoms with E-state index >= 15 is 0 Å². The number of carbonyl (C=O) groups is 1. The number of tetrazole rings is 1. The Morgan fingerprint density at radius 3 is 2.84 bits per heavy atom. The maximum absolute atomic E-state index is 11.4. The minimum atomic E-state index is -0.362. The lowest BCUT2D eigenvalue weighted by Gasteiger charge is -2.09. The Morgan fingerprint density at radius 1 is 1.42 bits per heavy atom. The van der Waals surface area contributed by atoms with Crippen molar-refractivity contribution in [3.8, 4) is 5.69 Å². The summed E-state index contributed by atoms with van der Waals surface area (Å²) in [6.07, 6.45) is 0. The van der Waals surface area contributed by atoms with Crippen LogP contribution in [-0.4, -0.2) is 38.5 Å². The highest BCUT2D eigenvalue weighted by Gasteiger charge is 2.19. The number of thioether (sulfide) groups is 1. The fraction of sp³-hybridized carbons (Fsp3) is 0.333. The van der Waals surface area contributed by atoms with Crippen LogP contribution in [0.25, 0.3) is 5.69 Å². The van der Waals surface area contributed by atoms with Gasteiger partial charge < -0.3 is 4.74 Å². The molecule has 0 spiro atoms. The van der Waals surface area contributed by atoms with Gasteiger partial charge in [-0.15, -0.1) is 5.10 Å². The molecule has 0 unspecified atom stereocenters. The van der Waals surface area contributed by atoms with Gasteiger partial charge >= 0.3 is 5.97 Å². The highest BCUT2D eigenvalue weighted by molar-refractivity contribution is 8.00. The van der Waals surface area contributed by atoms with Crippen molar-refractivity contribution in [1.29, 1.82) is 0 Å². The number of nitrogens with zero attached hydrogens (tertiary/aromatic N) is 4. The van der Waals surface area contributed by atoms with Crippen LogP contribution >= 0.6 is 11.8 Å². The Labute approximate surface area is 115 Å². The highest BCUT2D eigenvalue weighted by atomic mass is 32.2. The van der Waals surface area contributed by atoms with Gasteiger partial charge in [0.2, 0.25) is 5.16 Å². The first-order chi connectivity index (χ1) is 9.13. The standard InChI is InChI=1S/C12H14N4O2S/c1-8-6-4-5-7-10(8)16-12(13-14-15-16)19-9(2)11(17)18-3/h4-7,9H,1-3H3/t9-/m0/s1. The summed E-state index contributed by atoms with van der Waals surface area (Å²) in [4.78, 5) is 11.4. The van der Waals surface area contributed by atoms with E-state index in [0.29, 0.717) is 5.16 Å². The lowest BCUT2D eigenvalue weighted by molar-refractivity contribution is -0.139. The van der Waals surface area contributed by atoms with Crippen molar-refractivity contribution in [2.45, 2.75) is 24.3 Å². The number of rotatable bonds is 4. The molecule has 0 saturated heterocycles. The number of hydrogen-bond donors (Lipinski definition) is 0. The van der Waals surface area contributed by atoms with Crippen LogP contribution in [-0.2, 0) is 9.53 Å². The molecule has 19 heavy (non-hydrogen) atoms. The van der Waals surface area contributed by atoms with Crippen LogP contribution in [0.5, 0.6) is 0 Å². The van der Waals surface area contributed by atoms with Crippen molar-refractivity contribution in [2.24, 2.45) is 0 Å². The molecular weight excluding hydrogens is 264 g/mol. The van der Waals surface area contributed by atoms with Gasteiger partial charge in [0, 0.05) is 0 Å². The largest absolute Gasteiger partial charge is 0.468 e. The molecule has 0 fully saturated rings. The second-order valence-corrected chi connectivity index (χ2v) is 5.25. The van der Waals surface area contributed by atoms with Crippen molar-refractivity contribution in [3.05, 3.63) is 29.8 Å². The Hall–Kier alpha value is -1.89. The van der Waals surface area contributed by atoms with Gasteiger partial charge in [0.15, 0.2) is 0 Å². The number of carbonyl (C=O) groups excluding carboxylic acids is 1. The first-order valence-corrected chi connectivity index (χ1v) is 6.60. The molecule has 0 N–H and O–H groups in total. The molecule has 2 rings (SSSR count). The van der Waals surface area contributed by atoms with E-state index in [9.17, 15) is 4.79 Å². The number of esters is 1. The molecule has 7 heteroatoms. The molecule has 1 atom stereocenters. The monoisotopic (exact) mass is 278 g/mol. The molecular formula is C12H14N4O2S. The third kappa shape index (κ3) is 2.93. The summed E-state index contributed by atoms with van der Waals surface area (Å²) in [5.74, 6) is -0.302. The normalized spacial score (nSPS) is 12.2. The smallest absolute Gasteiger partial charge is 0.318 e. The molecule has 0 amide bonds. The van der Waals surface area contributed by atoms with E-state index in [2.05, 4.69) is 15.5 Å². The zero-order chi connectivity index (χ0) is 13.8. The van der Waals surface area contributed by atoms with E-state index in [4.69, 9.17) is 4.74 Å². The molecule has 0 saturated carbocycles. The first-order valence-electron chi connectivity index (χ1n) is 5.72. The topological polar surface area (TPSA) is 69.9 Å². The van der Waals surface area contributed by atoms with Crippen LogP contribution < -0.4 is 0 Å². The number of aromatic nitrogens is 4. The molecule has 100 valence electrons. The van der Waals surface area contributed by atoms with Crippen LogP contribution in [0.15, 0.2) is 29.4 Å². The Bertz CT molecular complexity index is 585. The molecule has 0 bridgehead atoms. The number of benzene rings is 1. The van der Waals surface area contributed by atoms with E-state index in [1.807, 2.05) is 31.2 Å². The third-order valence-electron chi connectivity index (χ3n) is 2.60. The Morgan fingerprint density at radius 2 is 2.16 bits per heavy atom. The van der Waals surface area contributed by atoms with Crippen LogP contribution in [0.3, 0.4) is 0 Å². The zero-order valence-electron chi connectivity index (χ0n) is 10.9. The zero-order valence-corrected chi connectivity index (χ0v) is 11.7. The highest BCUT2D eigenvalue weighted by Crippen LogP contribution is 2.24. The van der Waals surface area contributed by atoms with Crippen molar-refractivity contribution in [2.75, 3.05) is 7.11 Å². The summed E-state index contributed by atoms with van der Waals surface area (Å²) in [6, 6.07) is 7.78. The van der Waals surface area contributed by atoms with Crippen molar-refractivity contribution in [3.63, 3.8) is 0 Å². The van der Waals surface area contributed by atoms with Crippen LogP contribution in [0.1, 0.15) is 12.5 Å². The van der Waals surface area contributed by atoms with E-state index in [0.717, 1.165) is 11.3 Å². The fourth-order valence-electron chi connectivity index (χ4n) is 1.58. The summed E-state index contributed by atoms with van der Waals surface area (Å²) in [6.45, 7) is 3.74. The van der Waals surface area contributed by atoms with Gasteiger partial charge in [0.25, 0.3) is 0 Å². The first kappa shape index (κ1) is 13.5. The van der Waals surface area contributed by atoms with E-state index in [-0.39, 0.29) is 11.2 Å². The van der Waals surface area contributed by atoms with Crippen molar-refractivity contribution in [1.82, 2.24) is 20.2 Å².